The van der Waals surface area contributed by atoms with E-state index < -0.39 is 29.8 Å². The Bertz CT molecular complexity index is 1700. The van der Waals surface area contributed by atoms with Gasteiger partial charge in [-0.05, 0) is 67.3 Å². The van der Waals surface area contributed by atoms with Gasteiger partial charge in [0.2, 0.25) is 5.91 Å². The van der Waals surface area contributed by atoms with Crippen molar-refractivity contribution in [3.8, 4) is 11.4 Å². The Morgan fingerprint density at radius 1 is 1.05 bits per heavy atom. The van der Waals surface area contributed by atoms with E-state index in [-0.39, 0.29) is 46.8 Å². The van der Waals surface area contributed by atoms with E-state index >= 15 is 0 Å². The lowest BCUT2D eigenvalue weighted by Gasteiger charge is -2.19. The number of aromatic nitrogens is 2. The summed E-state index contributed by atoms with van der Waals surface area (Å²) in [4.78, 5) is 25.4. The summed E-state index contributed by atoms with van der Waals surface area (Å²) < 4.78 is 83.1. The third kappa shape index (κ3) is 5.60. The fourth-order valence-corrected chi connectivity index (χ4v) is 4.84. The molecule has 1 aromatic heterocycles. The summed E-state index contributed by atoms with van der Waals surface area (Å²) in [5, 5.41) is 9.82. The highest BCUT2D eigenvalue weighted by molar-refractivity contribution is 6.35. The van der Waals surface area contributed by atoms with Crippen molar-refractivity contribution in [3.05, 3.63) is 82.5 Å². The maximum absolute atomic E-state index is 13.2. The number of anilines is 1. The molecule has 0 bridgehead atoms. The van der Waals surface area contributed by atoms with Crippen molar-refractivity contribution >= 4 is 40.0 Å². The molecule has 4 aromatic rings. The molecule has 0 spiro atoms. The number of rotatable bonds is 7. The Kier molecular flexibility index (Phi) is 7.34. The van der Waals surface area contributed by atoms with Gasteiger partial charge in [0.25, 0.3) is 5.91 Å². The highest BCUT2D eigenvalue weighted by atomic mass is 35.5. The normalized spacial score (nSPS) is 14.5. The number of carbonyl (C=O) groups is 2. The van der Waals surface area contributed by atoms with Crippen LogP contribution in [-0.4, -0.2) is 34.1 Å². The van der Waals surface area contributed by atoms with Gasteiger partial charge in [0.15, 0.2) is 0 Å². The minimum Gasteiger partial charge on any atom is -0.406 e. The molecule has 3 aromatic carbocycles. The maximum atomic E-state index is 13.2. The van der Waals surface area contributed by atoms with Crippen LogP contribution in [0.25, 0.3) is 16.6 Å². The number of aryl methyl sites for hydroxylation is 1. The van der Waals surface area contributed by atoms with Crippen molar-refractivity contribution in [1.82, 2.24) is 15.1 Å². The highest BCUT2D eigenvalue weighted by Gasteiger charge is 2.68. The van der Waals surface area contributed by atoms with E-state index in [2.05, 4.69) is 20.5 Å². The fourth-order valence-electron chi connectivity index (χ4n) is 4.56. The average molecular weight is 611 g/mol. The van der Waals surface area contributed by atoms with Crippen LogP contribution in [0.2, 0.25) is 5.02 Å². The molecule has 7 nitrogen and oxygen atoms in total. The first-order valence-corrected chi connectivity index (χ1v) is 12.9. The molecule has 0 unspecified atom stereocenters. The molecule has 5 rings (SSSR count). The summed E-state index contributed by atoms with van der Waals surface area (Å²) in [6.45, 7) is 1.16. The van der Waals surface area contributed by atoms with Crippen LogP contribution in [-0.2, 0) is 11.3 Å². The van der Waals surface area contributed by atoms with Crippen molar-refractivity contribution in [2.24, 2.45) is 5.41 Å². The smallest absolute Gasteiger partial charge is 0.406 e. The molecule has 220 valence electrons. The molecule has 1 aliphatic rings. The quantitative estimate of drug-likeness (QED) is 0.219. The number of hydrogen-bond donors (Lipinski definition) is 2. The Hall–Kier alpha value is -4.26. The first kappa shape index (κ1) is 29.2. The molecule has 1 saturated carbocycles. The summed E-state index contributed by atoms with van der Waals surface area (Å²) >= 11 is 6.41. The Morgan fingerprint density at radius 2 is 1.76 bits per heavy atom. The van der Waals surface area contributed by atoms with E-state index in [1.54, 1.807) is 18.2 Å². The van der Waals surface area contributed by atoms with Crippen LogP contribution >= 0.6 is 11.6 Å². The van der Waals surface area contributed by atoms with Gasteiger partial charge in [-0.2, -0.15) is 18.3 Å². The van der Waals surface area contributed by atoms with Gasteiger partial charge in [0, 0.05) is 11.9 Å². The third-order valence-corrected chi connectivity index (χ3v) is 7.43. The largest absolute Gasteiger partial charge is 0.573 e. The molecule has 0 atom stereocenters. The van der Waals surface area contributed by atoms with Gasteiger partial charge in [0.1, 0.15) is 11.2 Å². The number of amides is 2. The number of ether oxygens (including phenoxy) is 1. The monoisotopic (exact) mass is 610 g/mol. The molecule has 1 fully saturated rings. The van der Waals surface area contributed by atoms with Crippen LogP contribution in [0.15, 0.2) is 60.8 Å². The lowest BCUT2D eigenvalue weighted by Crippen LogP contribution is -2.41. The topological polar surface area (TPSA) is 85.3 Å². The molecular weight excluding hydrogens is 590 g/mol. The van der Waals surface area contributed by atoms with Crippen molar-refractivity contribution in [2.75, 3.05) is 5.32 Å². The summed E-state index contributed by atoms with van der Waals surface area (Å²) in [6.07, 6.45) is -8.57. The molecule has 2 N–H and O–H groups in total. The van der Waals surface area contributed by atoms with E-state index in [1.807, 2.05) is 0 Å². The summed E-state index contributed by atoms with van der Waals surface area (Å²) in [7, 11) is 0. The molecule has 14 heteroatoms. The molecule has 2 amide bonds. The molecule has 42 heavy (non-hydrogen) atoms. The molecular formula is C28H21ClF6N4O3. The van der Waals surface area contributed by atoms with E-state index in [1.165, 1.54) is 54.2 Å². The van der Waals surface area contributed by atoms with Crippen molar-refractivity contribution < 1.29 is 40.7 Å². The summed E-state index contributed by atoms with van der Waals surface area (Å²) in [6, 6.07) is 13.4. The first-order chi connectivity index (χ1) is 19.7. The molecule has 0 radical (unpaired) electrons. The van der Waals surface area contributed by atoms with Gasteiger partial charge < -0.3 is 15.4 Å². The second kappa shape index (κ2) is 10.5. The second-order valence-electron chi connectivity index (χ2n) is 9.79. The molecule has 1 heterocycles. The number of nitrogens with zero attached hydrogens (tertiary/aromatic N) is 2. The number of carbonyl (C=O) groups excluding carboxylic acids is 2. The van der Waals surface area contributed by atoms with Gasteiger partial charge >= 0.3 is 12.5 Å². The predicted molar refractivity (Wildman–Crippen MR) is 141 cm³/mol. The Morgan fingerprint density at radius 3 is 2.40 bits per heavy atom. The number of hydrogen-bond acceptors (Lipinski definition) is 4. The highest BCUT2D eigenvalue weighted by Crippen LogP contribution is 2.57. The zero-order valence-electron chi connectivity index (χ0n) is 21.7. The Labute approximate surface area is 239 Å². The SMILES string of the molecule is Cc1cc(-n2ncc3c(NC(=O)c4cccc(CNC(=O)C5(C(F)(F)F)CC5)c4Cl)cccc32)ccc1OC(F)(F)F. The van der Waals surface area contributed by atoms with Crippen molar-refractivity contribution in [2.45, 2.75) is 38.8 Å². The number of fused-ring (bicyclic) bond motifs is 1. The van der Waals surface area contributed by atoms with Crippen LogP contribution in [0.5, 0.6) is 5.75 Å². The summed E-state index contributed by atoms with van der Waals surface area (Å²) in [5.41, 5.74) is -0.511. The van der Waals surface area contributed by atoms with Crippen LogP contribution in [0.4, 0.5) is 32.0 Å². The van der Waals surface area contributed by atoms with Gasteiger partial charge in [-0.3, -0.25) is 9.59 Å². The van der Waals surface area contributed by atoms with Gasteiger partial charge in [-0.15, -0.1) is 13.2 Å². The number of alkyl halides is 6. The van der Waals surface area contributed by atoms with Crippen LogP contribution < -0.4 is 15.4 Å². The van der Waals surface area contributed by atoms with Crippen molar-refractivity contribution in [1.29, 1.82) is 0 Å². The van der Waals surface area contributed by atoms with E-state index in [0.29, 0.717) is 22.3 Å². The Balaban J connectivity index is 1.34. The molecule has 1 aliphatic carbocycles. The minimum absolute atomic E-state index is 0.0284. The van der Waals surface area contributed by atoms with Gasteiger partial charge in [0.05, 0.1) is 33.7 Å². The van der Waals surface area contributed by atoms with Crippen LogP contribution in [0, 0.1) is 12.3 Å². The first-order valence-electron chi connectivity index (χ1n) is 12.5. The lowest BCUT2D eigenvalue weighted by atomic mass is 10.1. The molecule has 0 saturated heterocycles. The lowest BCUT2D eigenvalue weighted by molar-refractivity contribution is -0.274. The number of nitrogens with one attached hydrogen (secondary N) is 2. The third-order valence-electron chi connectivity index (χ3n) is 6.98. The van der Waals surface area contributed by atoms with E-state index in [4.69, 9.17) is 11.6 Å². The van der Waals surface area contributed by atoms with Crippen molar-refractivity contribution in [3.63, 3.8) is 0 Å². The van der Waals surface area contributed by atoms with Gasteiger partial charge in [-0.25, -0.2) is 4.68 Å². The van der Waals surface area contributed by atoms with Crippen LogP contribution in [0.1, 0.15) is 34.3 Å². The van der Waals surface area contributed by atoms with Gasteiger partial charge in [-0.1, -0.05) is 29.8 Å². The zero-order chi connectivity index (χ0) is 30.4. The maximum Gasteiger partial charge on any atom is 0.573 e. The number of benzene rings is 3. The standard InChI is InChI=1S/C28H21ClF6N4O3/c1-15-12-17(8-9-22(15)42-28(33,34)35)39-21-7-3-6-20(19(21)14-37-39)38-24(40)18-5-2-4-16(23(18)29)13-36-25(41)26(10-11-26)27(30,31)32/h2-9,12,14H,10-11,13H2,1H3,(H,36,41)(H,38,40). The second-order valence-corrected chi connectivity index (χ2v) is 10.2. The predicted octanol–water partition coefficient (Wildman–Crippen LogP) is 7.10. The number of halogens is 7. The molecule has 0 aliphatic heterocycles. The van der Waals surface area contributed by atoms with E-state index in [0.717, 1.165) is 0 Å². The van der Waals surface area contributed by atoms with Crippen LogP contribution in [0.3, 0.4) is 0 Å². The summed E-state index contributed by atoms with van der Waals surface area (Å²) in [5.74, 6) is -2.10. The van der Waals surface area contributed by atoms with E-state index in [9.17, 15) is 35.9 Å². The average Bonchev–Trinajstić information content (AvgIpc) is 3.63. The zero-order valence-corrected chi connectivity index (χ0v) is 22.4. The minimum atomic E-state index is -4.83. The fraction of sp³-hybridized carbons (Fsp3) is 0.250.